The number of aliphatic hydroxyl groups is 1. The molecule has 1 rings (SSSR count). The van der Waals surface area contributed by atoms with E-state index in [0.717, 1.165) is 30.0 Å². The van der Waals surface area contributed by atoms with Crippen LogP contribution in [0.5, 0.6) is 0 Å². The number of hydrogen-bond acceptors (Lipinski definition) is 4. The summed E-state index contributed by atoms with van der Waals surface area (Å²) in [5, 5.41) is 15.0. The maximum atomic E-state index is 11.7. The lowest BCUT2D eigenvalue weighted by Crippen LogP contribution is -2.44. The molecule has 1 unspecified atom stereocenters. The number of carbonyl (C=O) groups excluding carboxylic acids is 1. The van der Waals surface area contributed by atoms with E-state index in [9.17, 15) is 4.79 Å². The summed E-state index contributed by atoms with van der Waals surface area (Å²) < 4.78 is 0. The van der Waals surface area contributed by atoms with Gasteiger partial charge in [-0.3, -0.25) is 0 Å². The molecule has 0 aliphatic rings. The summed E-state index contributed by atoms with van der Waals surface area (Å²) in [5.74, 6) is 0. The number of aromatic nitrogens is 1. The van der Waals surface area contributed by atoms with Crippen molar-refractivity contribution in [3.8, 4) is 0 Å². The maximum Gasteiger partial charge on any atom is 0.317 e. The molecule has 19 heavy (non-hydrogen) atoms. The minimum absolute atomic E-state index is 0.0205. The van der Waals surface area contributed by atoms with Gasteiger partial charge in [-0.05, 0) is 33.1 Å². The summed E-state index contributed by atoms with van der Waals surface area (Å²) in [4.78, 5) is 17.6. The molecule has 0 aliphatic heterocycles. The number of amides is 2. The number of likely N-dealkylation sites (N-methyl/N-ethyl adjacent to an activating group) is 1. The number of aryl methyl sites for hydroxylation is 2. The Morgan fingerprint density at radius 3 is 2.89 bits per heavy atom. The maximum absolute atomic E-state index is 11.7. The van der Waals surface area contributed by atoms with E-state index in [-0.39, 0.29) is 18.7 Å². The fourth-order valence-electron chi connectivity index (χ4n) is 1.56. The van der Waals surface area contributed by atoms with Crippen LogP contribution in [0.1, 0.15) is 30.5 Å². The molecule has 108 valence electrons. The lowest BCUT2D eigenvalue weighted by Gasteiger charge is -2.23. The van der Waals surface area contributed by atoms with Crippen LogP contribution in [0.4, 0.5) is 4.79 Å². The third-order valence-electron chi connectivity index (χ3n) is 3.01. The Labute approximate surface area is 118 Å². The first kappa shape index (κ1) is 15.9. The fraction of sp³-hybridized carbons (Fsp3) is 0.692. The van der Waals surface area contributed by atoms with E-state index in [0.29, 0.717) is 6.54 Å². The summed E-state index contributed by atoms with van der Waals surface area (Å²) in [6.07, 6.45) is 2.93. The van der Waals surface area contributed by atoms with Crippen LogP contribution in [-0.2, 0) is 6.42 Å². The van der Waals surface area contributed by atoms with Gasteiger partial charge in [-0.25, -0.2) is 9.78 Å². The quantitative estimate of drug-likeness (QED) is 0.751. The topological polar surface area (TPSA) is 65.5 Å². The van der Waals surface area contributed by atoms with E-state index >= 15 is 0 Å². The average Bonchev–Trinajstić information content (AvgIpc) is 2.82. The molecule has 1 aromatic heterocycles. The van der Waals surface area contributed by atoms with Gasteiger partial charge >= 0.3 is 6.03 Å². The first-order valence-electron chi connectivity index (χ1n) is 6.57. The largest absolute Gasteiger partial charge is 0.394 e. The third-order valence-corrected chi connectivity index (χ3v) is 4.03. The molecule has 0 saturated carbocycles. The minimum Gasteiger partial charge on any atom is -0.394 e. The van der Waals surface area contributed by atoms with Crippen molar-refractivity contribution in [1.82, 2.24) is 15.2 Å². The van der Waals surface area contributed by atoms with Gasteiger partial charge in [-0.1, -0.05) is 0 Å². The van der Waals surface area contributed by atoms with Crippen LogP contribution in [0.2, 0.25) is 0 Å². The highest BCUT2D eigenvalue weighted by molar-refractivity contribution is 7.09. The normalized spacial score (nSPS) is 12.2. The van der Waals surface area contributed by atoms with E-state index in [4.69, 9.17) is 5.11 Å². The molecule has 0 spiro atoms. The van der Waals surface area contributed by atoms with Crippen LogP contribution >= 0.6 is 11.3 Å². The van der Waals surface area contributed by atoms with Gasteiger partial charge in [-0.15, -0.1) is 11.3 Å². The second kappa shape index (κ2) is 8.12. The van der Waals surface area contributed by atoms with Crippen LogP contribution < -0.4 is 5.32 Å². The Morgan fingerprint density at radius 1 is 1.58 bits per heavy atom. The molecular formula is C13H23N3O2S. The van der Waals surface area contributed by atoms with E-state index < -0.39 is 0 Å². The van der Waals surface area contributed by atoms with Crippen molar-refractivity contribution in [1.29, 1.82) is 0 Å². The molecule has 0 aliphatic carbocycles. The molecule has 2 amide bonds. The number of hydrogen-bond donors (Lipinski definition) is 2. The van der Waals surface area contributed by atoms with Gasteiger partial charge in [0.15, 0.2) is 0 Å². The monoisotopic (exact) mass is 285 g/mol. The van der Waals surface area contributed by atoms with Gasteiger partial charge in [0.1, 0.15) is 0 Å². The number of thiazole rings is 1. The van der Waals surface area contributed by atoms with E-state index in [1.54, 1.807) is 18.4 Å². The lowest BCUT2D eigenvalue weighted by atomic mass is 10.2. The van der Waals surface area contributed by atoms with Crippen LogP contribution in [0.3, 0.4) is 0 Å². The first-order valence-corrected chi connectivity index (χ1v) is 7.45. The van der Waals surface area contributed by atoms with Crippen molar-refractivity contribution in [2.45, 2.75) is 39.2 Å². The molecule has 0 fully saturated rings. The standard InChI is InChI=1S/C13H23N3O2S/c1-10-9-19-12(15-10)6-4-5-7-14-13(18)16(3)11(2)8-17/h9,11,17H,4-8H2,1-3H3,(H,14,18). The predicted octanol–water partition coefficient (Wildman–Crippen LogP) is 1.80. The SMILES string of the molecule is Cc1csc(CCCCNC(=O)N(C)C(C)CO)n1. The molecule has 1 heterocycles. The van der Waals surface area contributed by atoms with Gasteiger partial charge < -0.3 is 15.3 Å². The zero-order valence-electron chi connectivity index (χ0n) is 11.8. The third kappa shape index (κ3) is 5.57. The zero-order valence-corrected chi connectivity index (χ0v) is 12.7. The zero-order chi connectivity index (χ0) is 14.3. The number of rotatable bonds is 7. The lowest BCUT2D eigenvalue weighted by molar-refractivity contribution is 0.157. The Morgan fingerprint density at radius 2 is 2.32 bits per heavy atom. The van der Waals surface area contributed by atoms with E-state index in [1.807, 2.05) is 13.8 Å². The van der Waals surface area contributed by atoms with E-state index in [2.05, 4.69) is 15.7 Å². The molecular weight excluding hydrogens is 262 g/mol. The molecule has 0 aromatic carbocycles. The molecule has 0 bridgehead atoms. The van der Waals surface area contributed by atoms with E-state index in [1.165, 1.54) is 4.90 Å². The smallest absolute Gasteiger partial charge is 0.317 e. The molecule has 1 atom stereocenters. The molecule has 5 nitrogen and oxygen atoms in total. The second-order valence-electron chi connectivity index (χ2n) is 4.71. The Bertz CT molecular complexity index is 395. The molecule has 0 saturated heterocycles. The van der Waals surface area contributed by atoms with Crippen molar-refractivity contribution in [2.24, 2.45) is 0 Å². The molecule has 1 aromatic rings. The predicted molar refractivity (Wildman–Crippen MR) is 77.5 cm³/mol. The highest BCUT2D eigenvalue weighted by Gasteiger charge is 2.13. The second-order valence-corrected chi connectivity index (χ2v) is 5.66. The van der Waals surface area contributed by atoms with Gasteiger partial charge in [0, 0.05) is 24.7 Å². The van der Waals surface area contributed by atoms with Gasteiger partial charge in [0.05, 0.1) is 17.7 Å². The van der Waals surface area contributed by atoms with Crippen molar-refractivity contribution in [3.63, 3.8) is 0 Å². The average molecular weight is 285 g/mol. The number of aliphatic hydroxyl groups excluding tert-OH is 1. The van der Waals surface area contributed by atoms with Gasteiger partial charge in [-0.2, -0.15) is 0 Å². The van der Waals surface area contributed by atoms with Crippen LogP contribution in [0.15, 0.2) is 5.38 Å². The minimum atomic E-state index is -0.154. The summed E-state index contributed by atoms with van der Waals surface area (Å²) in [6.45, 7) is 4.45. The van der Waals surface area contributed by atoms with Gasteiger partial charge in [0.2, 0.25) is 0 Å². The van der Waals surface area contributed by atoms with Gasteiger partial charge in [0.25, 0.3) is 0 Å². The van der Waals surface area contributed by atoms with Crippen molar-refractivity contribution >= 4 is 17.4 Å². The summed E-state index contributed by atoms with van der Waals surface area (Å²) in [6, 6.07) is -0.287. The number of unbranched alkanes of at least 4 members (excludes halogenated alkanes) is 1. The highest BCUT2D eigenvalue weighted by atomic mass is 32.1. The molecule has 6 heteroatoms. The molecule has 0 radical (unpaired) electrons. The first-order chi connectivity index (χ1) is 9.04. The Balaban J connectivity index is 2.12. The summed E-state index contributed by atoms with van der Waals surface area (Å²) in [7, 11) is 1.69. The summed E-state index contributed by atoms with van der Waals surface area (Å²) >= 11 is 1.69. The number of urea groups is 1. The van der Waals surface area contributed by atoms with Crippen molar-refractivity contribution in [3.05, 3.63) is 16.1 Å². The number of nitrogens with zero attached hydrogens (tertiary/aromatic N) is 2. The Kier molecular flexibility index (Phi) is 6.80. The fourth-order valence-corrected chi connectivity index (χ4v) is 2.38. The highest BCUT2D eigenvalue weighted by Crippen LogP contribution is 2.11. The summed E-state index contributed by atoms with van der Waals surface area (Å²) in [5.41, 5.74) is 1.08. The van der Waals surface area contributed by atoms with Crippen molar-refractivity contribution in [2.75, 3.05) is 20.2 Å². The van der Waals surface area contributed by atoms with Crippen LogP contribution in [-0.4, -0.2) is 47.3 Å². The number of nitrogens with one attached hydrogen (secondary N) is 1. The Hall–Kier alpha value is -1.14. The van der Waals surface area contributed by atoms with Crippen LogP contribution in [0.25, 0.3) is 0 Å². The van der Waals surface area contributed by atoms with Crippen LogP contribution in [0, 0.1) is 6.92 Å². The number of carbonyl (C=O) groups is 1. The van der Waals surface area contributed by atoms with Crippen molar-refractivity contribution < 1.29 is 9.90 Å². The molecule has 2 N–H and O–H groups in total.